The first-order valence-corrected chi connectivity index (χ1v) is 8.59. The summed E-state index contributed by atoms with van der Waals surface area (Å²) in [7, 11) is 1.63. The summed E-state index contributed by atoms with van der Waals surface area (Å²) in [4.78, 5) is 9.18. The van der Waals surface area contributed by atoms with Crippen molar-refractivity contribution in [2.75, 3.05) is 12.4 Å². The summed E-state index contributed by atoms with van der Waals surface area (Å²) < 4.78 is 7.27. The van der Waals surface area contributed by atoms with E-state index in [1.165, 1.54) is 32.1 Å². The zero-order chi connectivity index (χ0) is 16.4. The van der Waals surface area contributed by atoms with E-state index in [4.69, 9.17) is 9.72 Å². The largest absolute Gasteiger partial charge is 0.481 e. The fraction of sp³-hybridized carbons (Fsp3) is 0.368. The highest BCUT2D eigenvalue weighted by Gasteiger charge is 2.20. The number of methoxy groups -OCH3 is 1. The topological polar surface area (TPSA) is 51.5 Å². The average Bonchev–Trinajstić information content (AvgIpc) is 3.01. The van der Waals surface area contributed by atoms with Crippen molar-refractivity contribution in [1.29, 1.82) is 0 Å². The van der Waals surface area contributed by atoms with E-state index in [0.717, 1.165) is 22.7 Å². The molecule has 3 aromatic rings. The number of benzene rings is 1. The maximum absolute atomic E-state index is 5.24. The number of nitrogens with one attached hydrogen (secondary N) is 1. The van der Waals surface area contributed by atoms with Gasteiger partial charge in [0.25, 0.3) is 0 Å². The summed E-state index contributed by atoms with van der Waals surface area (Å²) in [6.45, 7) is 0. The Morgan fingerprint density at radius 3 is 2.67 bits per heavy atom. The number of nitrogens with zero attached hydrogens (tertiary/aromatic N) is 3. The molecule has 1 aliphatic rings. The Morgan fingerprint density at radius 1 is 1.12 bits per heavy atom. The van der Waals surface area contributed by atoms with Crippen LogP contribution in [0.3, 0.4) is 0 Å². The number of rotatable bonds is 4. The van der Waals surface area contributed by atoms with E-state index in [2.05, 4.69) is 22.4 Å². The summed E-state index contributed by atoms with van der Waals surface area (Å²) >= 11 is 0. The van der Waals surface area contributed by atoms with Crippen LogP contribution in [0.2, 0.25) is 0 Å². The zero-order valence-corrected chi connectivity index (χ0v) is 13.9. The second-order valence-corrected chi connectivity index (χ2v) is 6.31. The van der Waals surface area contributed by atoms with Gasteiger partial charge in [-0.3, -0.25) is 4.40 Å². The summed E-state index contributed by atoms with van der Waals surface area (Å²) in [5, 5.41) is 3.73. The molecule has 2 heterocycles. The van der Waals surface area contributed by atoms with Crippen molar-refractivity contribution in [1.82, 2.24) is 14.4 Å². The van der Waals surface area contributed by atoms with Gasteiger partial charge in [-0.15, -0.1) is 0 Å². The van der Waals surface area contributed by atoms with Gasteiger partial charge in [0.1, 0.15) is 23.5 Å². The molecule has 124 valence electrons. The maximum atomic E-state index is 5.24. The van der Waals surface area contributed by atoms with E-state index < -0.39 is 0 Å². The van der Waals surface area contributed by atoms with Gasteiger partial charge in [-0.1, -0.05) is 49.6 Å². The molecule has 24 heavy (non-hydrogen) atoms. The third kappa shape index (κ3) is 2.82. The van der Waals surface area contributed by atoms with Crippen LogP contribution in [0.5, 0.6) is 5.88 Å². The van der Waals surface area contributed by atoms with Gasteiger partial charge in [-0.25, -0.2) is 9.97 Å². The Bertz CT molecular complexity index is 822. The predicted octanol–water partition coefficient (Wildman–Crippen LogP) is 4.15. The maximum Gasteiger partial charge on any atom is 0.218 e. The monoisotopic (exact) mass is 322 g/mol. The van der Waals surface area contributed by atoms with Gasteiger partial charge >= 0.3 is 0 Å². The number of aromatic nitrogens is 3. The number of anilines is 1. The fourth-order valence-electron chi connectivity index (χ4n) is 3.42. The summed E-state index contributed by atoms with van der Waals surface area (Å²) in [5.41, 5.74) is 2.92. The minimum absolute atomic E-state index is 0.503. The molecule has 0 aliphatic heterocycles. The van der Waals surface area contributed by atoms with E-state index in [-0.39, 0.29) is 0 Å². The SMILES string of the molecule is COc1cc2nc(-c3ccccc3)c(NC3CCCCC3)n2cn1. The first kappa shape index (κ1) is 15.0. The lowest BCUT2D eigenvalue weighted by Gasteiger charge is -2.24. The fourth-order valence-corrected chi connectivity index (χ4v) is 3.42. The molecule has 0 amide bonds. The first-order valence-electron chi connectivity index (χ1n) is 8.59. The second-order valence-electron chi connectivity index (χ2n) is 6.31. The molecular weight excluding hydrogens is 300 g/mol. The summed E-state index contributed by atoms with van der Waals surface area (Å²) in [5.74, 6) is 1.61. The lowest BCUT2D eigenvalue weighted by atomic mass is 9.95. The summed E-state index contributed by atoms with van der Waals surface area (Å²) in [6.07, 6.45) is 8.15. The Morgan fingerprint density at radius 2 is 1.92 bits per heavy atom. The van der Waals surface area contributed by atoms with Crippen LogP contribution in [-0.2, 0) is 0 Å². The molecule has 1 fully saturated rings. The van der Waals surface area contributed by atoms with Crippen molar-refractivity contribution in [3.63, 3.8) is 0 Å². The Balaban J connectivity index is 1.81. The molecule has 4 rings (SSSR count). The van der Waals surface area contributed by atoms with Gasteiger partial charge in [-0.2, -0.15) is 0 Å². The molecule has 5 nitrogen and oxygen atoms in total. The molecule has 1 saturated carbocycles. The quantitative estimate of drug-likeness (QED) is 0.784. The molecule has 1 N–H and O–H groups in total. The highest BCUT2D eigenvalue weighted by atomic mass is 16.5. The molecule has 1 aliphatic carbocycles. The number of hydrogen-bond acceptors (Lipinski definition) is 4. The molecule has 0 bridgehead atoms. The molecule has 0 saturated heterocycles. The number of fused-ring (bicyclic) bond motifs is 1. The van der Waals surface area contributed by atoms with Crippen LogP contribution >= 0.6 is 0 Å². The highest BCUT2D eigenvalue weighted by Crippen LogP contribution is 2.31. The standard InChI is InChI=1S/C19H22N4O/c1-24-17-12-16-22-18(14-8-4-2-5-9-14)19(23(16)13-20-17)21-15-10-6-3-7-11-15/h2,4-5,8-9,12-13,15,21H,3,6-7,10-11H2,1H3. The van der Waals surface area contributed by atoms with Crippen LogP contribution in [0.15, 0.2) is 42.7 Å². The minimum Gasteiger partial charge on any atom is -0.481 e. The van der Waals surface area contributed by atoms with Crippen LogP contribution in [0.1, 0.15) is 32.1 Å². The molecule has 1 aromatic carbocycles. The molecule has 0 atom stereocenters. The lowest BCUT2D eigenvalue weighted by Crippen LogP contribution is -2.23. The number of imidazole rings is 1. The lowest BCUT2D eigenvalue weighted by molar-refractivity contribution is 0.397. The van der Waals surface area contributed by atoms with Crippen LogP contribution in [0, 0.1) is 0 Å². The van der Waals surface area contributed by atoms with Crippen molar-refractivity contribution in [2.24, 2.45) is 0 Å². The smallest absolute Gasteiger partial charge is 0.218 e. The summed E-state index contributed by atoms with van der Waals surface area (Å²) in [6, 6.07) is 12.7. The van der Waals surface area contributed by atoms with Crippen molar-refractivity contribution >= 4 is 11.5 Å². The predicted molar refractivity (Wildman–Crippen MR) is 95.5 cm³/mol. The number of hydrogen-bond donors (Lipinski definition) is 1. The van der Waals surface area contributed by atoms with E-state index in [1.54, 1.807) is 13.4 Å². The minimum atomic E-state index is 0.503. The molecule has 5 heteroatoms. The van der Waals surface area contributed by atoms with Crippen molar-refractivity contribution in [2.45, 2.75) is 38.1 Å². The van der Waals surface area contributed by atoms with E-state index in [1.807, 2.05) is 28.7 Å². The van der Waals surface area contributed by atoms with Crippen molar-refractivity contribution in [3.05, 3.63) is 42.7 Å². The van der Waals surface area contributed by atoms with Gasteiger partial charge in [0.2, 0.25) is 5.88 Å². The van der Waals surface area contributed by atoms with Crippen molar-refractivity contribution < 1.29 is 4.74 Å². The van der Waals surface area contributed by atoms with E-state index >= 15 is 0 Å². The van der Waals surface area contributed by atoms with Gasteiger partial charge < -0.3 is 10.1 Å². The molecule has 0 unspecified atom stereocenters. The van der Waals surface area contributed by atoms with E-state index in [9.17, 15) is 0 Å². The van der Waals surface area contributed by atoms with Crippen LogP contribution in [-0.4, -0.2) is 27.5 Å². The third-order valence-corrected chi connectivity index (χ3v) is 4.69. The second kappa shape index (κ2) is 6.51. The Kier molecular flexibility index (Phi) is 4.07. The molecule has 0 spiro atoms. The van der Waals surface area contributed by atoms with Gasteiger partial charge in [0, 0.05) is 17.7 Å². The molecule has 0 radical (unpaired) electrons. The Labute approximate surface area is 141 Å². The molecular formula is C19H22N4O. The normalized spacial score (nSPS) is 15.5. The van der Waals surface area contributed by atoms with Gasteiger partial charge in [0.05, 0.1) is 7.11 Å². The van der Waals surface area contributed by atoms with Crippen LogP contribution in [0.4, 0.5) is 5.82 Å². The van der Waals surface area contributed by atoms with Gasteiger partial charge in [0.15, 0.2) is 0 Å². The van der Waals surface area contributed by atoms with Gasteiger partial charge in [-0.05, 0) is 12.8 Å². The first-order chi connectivity index (χ1) is 11.8. The number of ether oxygens (including phenoxy) is 1. The highest BCUT2D eigenvalue weighted by molar-refractivity contribution is 5.76. The van der Waals surface area contributed by atoms with Crippen molar-refractivity contribution in [3.8, 4) is 17.1 Å². The Hall–Kier alpha value is -2.56. The van der Waals surface area contributed by atoms with Crippen LogP contribution < -0.4 is 10.1 Å². The molecule has 2 aromatic heterocycles. The average molecular weight is 322 g/mol. The van der Waals surface area contributed by atoms with Crippen LogP contribution in [0.25, 0.3) is 16.9 Å². The third-order valence-electron chi connectivity index (χ3n) is 4.69. The zero-order valence-electron chi connectivity index (χ0n) is 13.9. The van der Waals surface area contributed by atoms with E-state index in [0.29, 0.717) is 11.9 Å².